The fourth-order valence-electron chi connectivity index (χ4n) is 1.74. The lowest BCUT2D eigenvalue weighted by Gasteiger charge is -2.03. The van der Waals surface area contributed by atoms with Gasteiger partial charge in [0.1, 0.15) is 5.69 Å². The Morgan fingerprint density at radius 1 is 1.44 bits per heavy atom. The number of hydrogen-bond acceptors (Lipinski definition) is 3. The van der Waals surface area contributed by atoms with Crippen molar-refractivity contribution in [3.63, 3.8) is 0 Å². The molecule has 1 atom stereocenters. The Kier molecular flexibility index (Phi) is 4.43. The summed E-state index contributed by atoms with van der Waals surface area (Å²) in [6, 6.07) is 7.40. The molecule has 3 nitrogen and oxygen atoms in total. The van der Waals surface area contributed by atoms with Gasteiger partial charge in [0.15, 0.2) is 5.76 Å². The molecule has 2 N–H and O–H groups in total. The highest BCUT2D eigenvalue weighted by atomic mass is 79.9. The van der Waals surface area contributed by atoms with Gasteiger partial charge in [-0.25, -0.2) is 0 Å². The molecule has 0 aliphatic heterocycles. The van der Waals surface area contributed by atoms with Crippen LogP contribution in [0.1, 0.15) is 31.6 Å². The Labute approximate surface area is 119 Å². The Morgan fingerprint density at radius 3 is 2.89 bits per heavy atom. The average molecular weight is 330 g/mol. The molecular formula is C13H14BrClN2O. The minimum absolute atomic E-state index is 0.106. The van der Waals surface area contributed by atoms with E-state index < -0.39 is 0 Å². The molecule has 0 saturated carbocycles. The van der Waals surface area contributed by atoms with Crippen molar-refractivity contribution < 1.29 is 4.52 Å². The molecular weight excluding hydrogens is 316 g/mol. The second kappa shape index (κ2) is 5.87. The van der Waals surface area contributed by atoms with Crippen LogP contribution in [-0.2, 0) is 0 Å². The number of hydrogen-bond donors (Lipinski definition) is 1. The van der Waals surface area contributed by atoms with Crippen LogP contribution in [0.25, 0.3) is 11.3 Å². The van der Waals surface area contributed by atoms with Crippen LogP contribution in [0.4, 0.5) is 0 Å². The van der Waals surface area contributed by atoms with Gasteiger partial charge in [-0.2, -0.15) is 0 Å². The first-order valence-electron chi connectivity index (χ1n) is 5.79. The minimum atomic E-state index is -0.106. The predicted molar refractivity (Wildman–Crippen MR) is 76.5 cm³/mol. The molecule has 5 heteroatoms. The number of halogens is 2. The SMILES string of the molecule is CCCC(N)c1cc(-c2ccc(Br)cc2Cl)no1. The lowest BCUT2D eigenvalue weighted by molar-refractivity contribution is 0.356. The molecule has 1 heterocycles. The summed E-state index contributed by atoms with van der Waals surface area (Å²) < 4.78 is 6.21. The van der Waals surface area contributed by atoms with Gasteiger partial charge in [0.05, 0.1) is 11.1 Å². The van der Waals surface area contributed by atoms with Crippen LogP contribution < -0.4 is 5.73 Å². The van der Waals surface area contributed by atoms with E-state index in [9.17, 15) is 0 Å². The third-order valence-electron chi connectivity index (χ3n) is 2.70. The van der Waals surface area contributed by atoms with Crippen LogP contribution >= 0.6 is 27.5 Å². The van der Waals surface area contributed by atoms with E-state index in [2.05, 4.69) is 28.0 Å². The van der Waals surface area contributed by atoms with E-state index in [1.807, 2.05) is 24.3 Å². The average Bonchev–Trinajstić information content (AvgIpc) is 2.78. The fraction of sp³-hybridized carbons (Fsp3) is 0.308. The second-order valence-electron chi connectivity index (χ2n) is 4.13. The quantitative estimate of drug-likeness (QED) is 0.894. The molecule has 2 rings (SSSR count). The van der Waals surface area contributed by atoms with Crippen molar-refractivity contribution in [2.24, 2.45) is 5.73 Å². The van der Waals surface area contributed by atoms with Crippen LogP contribution in [0.2, 0.25) is 5.02 Å². The summed E-state index contributed by atoms with van der Waals surface area (Å²) in [7, 11) is 0. The van der Waals surface area contributed by atoms with Gasteiger partial charge in [0, 0.05) is 16.1 Å². The van der Waals surface area contributed by atoms with E-state index in [-0.39, 0.29) is 6.04 Å². The zero-order valence-corrected chi connectivity index (χ0v) is 12.3. The molecule has 0 bridgehead atoms. The van der Waals surface area contributed by atoms with Crippen molar-refractivity contribution in [3.8, 4) is 11.3 Å². The predicted octanol–water partition coefficient (Wildman–Crippen LogP) is 4.56. The van der Waals surface area contributed by atoms with E-state index in [0.717, 1.165) is 22.9 Å². The molecule has 0 fully saturated rings. The molecule has 0 aliphatic rings. The van der Waals surface area contributed by atoms with Gasteiger partial charge in [-0.1, -0.05) is 52.1 Å². The molecule has 0 saturated heterocycles. The van der Waals surface area contributed by atoms with Gasteiger partial charge < -0.3 is 10.3 Å². The van der Waals surface area contributed by atoms with Crippen molar-refractivity contribution in [3.05, 3.63) is 39.5 Å². The van der Waals surface area contributed by atoms with Gasteiger partial charge in [-0.15, -0.1) is 0 Å². The second-order valence-corrected chi connectivity index (χ2v) is 5.46. The smallest absolute Gasteiger partial charge is 0.154 e. The van der Waals surface area contributed by atoms with E-state index in [1.165, 1.54) is 0 Å². The summed E-state index contributed by atoms with van der Waals surface area (Å²) in [4.78, 5) is 0. The normalized spacial score (nSPS) is 12.7. The largest absolute Gasteiger partial charge is 0.359 e. The van der Waals surface area contributed by atoms with E-state index in [0.29, 0.717) is 16.5 Å². The Balaban J connectivity index is 2.29. The molecule has 1 unspecified atom stereocenters. The highest BCUT2D eigenvalue weighted by molar-refractivity contribution is 9.10. The summed E-state index contributed by atoms with van der Waals surface area (Å²) in [6.07, 6.45) is 1.89. The summed E-state index contributed by atoms with van der Waals surface area (Å²) in [5.41, 5.74) is 7.55. The highest BCUT2D eigenvalue weighted by Crippen LogP contribution is 2.31. The van der Waals surface area contributed by atoms with Gasteiger partial charge >= 0.3 is 0 Å². The van der Waals surface area contributed by atoms with Gasteiger partial charge in [-0.3, -0.25) is 0 Å². The fourth-order valence-corrected chi connectivity index (χ4v) is 2.51. The maximum atomic E-state index is 6.17. The molecule has 0 amide bonds. The van der Waals surface area contributed by atoms with Crippen molar-refractivity contribution in [2.75, 3.05) is 0 Å². The molecule has 0 spiro atoms. The number of nitrogens with two attached hydrogens (primary N) is 1. The number of rotatable bonds is 4. The first-order chi connectivity index (χ1) is 8.61. The van der Waals surface area contributed by atoms with Crippen molar-refractivity contribution in [1.29, 1.82) is 0 Å². The maximum absolute atomic E-state index is 6.17. The summed E-state index contributed by atoms with van der Waals surface area (Å²) in [5, 5.41) is 4.66. The standard InChI is InChI=1S/C13H14BrClN2O/c1-2-3-11(16)13-7-12(17-18-13)9-5-4-8(14)6-10(9)15/h4-7,11H,2-3,16H2,1H3. The van der Waals surface area contributed by atoms with Gasteiger partial charge in [0.2, 0.25) is 0 Å². The zero-order chi connectivity index (χ0) is 13.1. The van der Waals surface area contributed by atoms with Crippen LogP contribution in [0, 0.1) is 0 Å². The lowest BCUT2D eigenvalue weighted by atomic mass is 10.1. The first-order valence-corrected chi connectivity index (χ1v) is 6.96. The van der Waals surface area contributed by atoms with Crippen molar-refractivity contribution in [1.82, 2.24) is 5.16 Å². The number of aromatic nitrogens is 1. The molecule has 1 aromatic heterocycles. The molecule has 0 aliphatic carbocycles. The van der Waals surface area contributed by atoms with Crippen molar-refractivity contribution >= 4 is 27.5 Å². The van der Waals surface area contributed by atoms with Gasteiger partial charge in [0.25, 0.3) is 0 Å². The summed E-state index contributed by atoms with van der Waals surface area (Å²) in [5.74, 6) is 0.700. The molecule has 1 aromatic carbocycles. The third-order valence-corrected chi connectivity index (χ3v) is 3.51. The Morgan fingerprint density at radius 2 is 2.22 bits per heavy atom. The zero-order valence-electron chi connectivity index (χ0n) is 9.99. The van der Waals surface area contributed by atoms with Crippen LogP contribution in [0.15, 0.2) is 33.3 Å². The number of benzene rings is 1. The van der Waals surface area contributed by atoms with E-state index >= 15 is 0 Å². The van der Waals surface area contributed by atoms with E-state index in [1.54, 1.807) is 0 Å². The van der Waals surface area contributed by atoms with Gasteiger partial charge in [-0.05, 0) is 18.6 Å². The number of nitrogens with zero attached hydrogens (tertiary/aromatic N) is 1. The lowest BCUT2D eigenvalue weighted by Crippen LogP contribution is -2.08. The molecule has 0 radical (unpaired) electrons. The van der Waals surface area contributed by atoms with Crippen LogP contribution in [0.3, 0.4) is 0 Å². The monoisotopic (exact) mass is 328 g/mol. The molecule has 96 valence electrons. The maximum Gasteiger partial charge on any atom is 0.154 e. The minimum Gasteiger partial charge on any atom is -0.359 e. The molecule has 18 heavy (non-hydrogen) atoms. The Bertz CT molecular complexity index is 542. The van der Waals surface area contributed by atoms with Crippen LogP contribution in [-0.4, -0.2) is 5.16 Å². The van der Waals surface area contributed by atoms with E-state index in [4.69, 9.17) is 21.9 Å². The third kappa shape index (κ3) is 2.94. The summed E-state index contributed by atoms with van der Waals surface area (Å²) in [6.45, 7) is 2.09. The Hall–Kier alpha value is -0.840. The summed E-state index contributed by atoms with van der Waals surface area (Å²) >= 11 is 9.54. The highest BCUT2D eigenvalue weighted by Gasteiger charge is 2.14. The topological polar surface area (TPSA) is 52.0 Å². The first kappa shape index (κ1) is 13.6. The van der Waals surface area contributed by atoms with Crippen LogP contribution in [0.5, 0.6) is 0 Å². The molecule has 2 aromatic rings. The van der Waals surface area contributed by atoms with Crippen molar-refractivity contribution in [2.45, 2.75) is 25.8 Å².